The predicted octanol–water partition coefficient (Wildman–Crippen LogP) is 3.59. The van der Waals surface area contributed by atoms with Crippen molar-refractivity contribution in [1.29, 1.82) is 0 Å². The Hall–Kier alpha value is -3.45. The van der Waals surface area contributed by atoms with Crippen LogP contribution in [-0.2, 0) is 11.3 Å². The number of esters is 1. The lowest BCUT2D eigenvalue weighted by atomic mass is 10.2. The Morgan fingerprint density at radius 3 is 2.61 bits per heavy atom. The van der Waals surface area contributed by atoms with Crippen molar-refractivity contribution in [3.8, 4) is 0 Å². The Labute approximate surface area is 166 Å². The van der Waals surface area contributed by atoms with Gasteiger partial charge in [0.15, 0.2) is 0 Å². The fourth-order valence-electron chi connectivity index (χ4n) is 2.43. The summed E-state index contributed by atoms with van der Waals surface area (Å²) in [4.78, 5) is 32.1. The number of ether oxygens (including phenoxy) is 1. The number of aromatic nitrogens is 2. The number of rotatable bonds is 6. The Morgan fingerprint density at radius 1 is 1.07 bits per heavy atom. The van der Waals surface area contributed by atoms with Gasteiger partial charge < -0.3 is 15.4 Å². The van der Waals surface area contributed by atoms with Crippen molar-refractivity contribution >= 4 is 34.9 Å². The molecule has 0 radical (unpaired) electrons. The van der Waals surface area contributed by atoms with E-state index in [2.05, 4.69) is 20.6 Å². The maximum Gasteiger partial charge on any atom is 0.337 e. The van der Waals surface area contributed by atoms with Crippen LogP contribution < -0.4 is 10.6 Å². The molecule has 3 aromatic rings. The molecule has 0 spiro atoms. The highest BCUT2D eigenvalue weighted by atomic mass is 35.5. The number of carbonyl (C=O) groups is 2. The topological polar surface area (TPSA) is 93.2 Å². The molecule has 0 aliphatic rings. The van der Waals surface area contributed by atoms with Crippen LogP contribution in [0.1, 0.15) is 26.4 Å². The summed E-state index contributed by atoms with van der Waals surface area (Å²) in [6.07, 6.45) is 4.84. The molecule has 0 aliphatic carbocycles. The molecule has 8 heteroatoms. The number of halogens is 1. The first kappa shape index (κ1) is 19.3. The first-order chi connectivity index (χ1) is 13.6. The second kappa shape index (κ2) is 8.96. The smallest absolute Gasteiger partial charge is 0.337 e. The summed E-state index contributed by atoms with van der Waals surface area (Å²) >= 11 is 6.20. The third-order valence-electron chi connectivity index (χ3n) is 3.86. The number of nitrogens with one attached hydrogen (secondary N) is 2. The van der Waals surface area contributed by atoms with Crippen molar-refractivity contribution < 1.29 is 14.3 Å². The fourth-order valence-corrected chi connectivity index (χ4v) is 2.59. The molecule has 0 fully saturated rings. The quantitative estimate of drug-likeness (QED) is 0.618. The first-order valence-electron chi connectivity index (χ1n) is 8.35. The molecule has 142 valence electrons. The largest absolute Gasteiger partial charge is 0.465 e. The molecule has 2 heterocycles. The van der Waals surface area contributed by atoms with Gasteiger partial charge in [-0.3, -0.25) is 14.8 Å². The van der Waals surface area contributed by atoms with Crippen molar-refractivity contribution in [2.24, 2.45) is 0 Å². The average molecular weight is 397 g/mol. The van der Waals surface area contributed by atoms with Crippen LogP contribution >= 0.6 is 11.6 Å². The van der Waals surface area contributed by atoms with Gasteiger partial charge in [0, 0.05) is 30.8 Å². The van der Waals surface area contributed by atoms with E-state index >= 15 is 0 Å². The van der Waals surface area contributed by atoms with E-state index in [4.69, 9.17) is 16.3 Å². The Bertz CT molecular complexity index is 996. The molecule has 0 saturated heterocycles. The van der Waals surface area contributed by atoms with E-state index in [0.717, 1.165) is 5.56 Å². The molecule has 7 nitrogen and oxygen atoms in total. The van der Waals surface area contributed by atoms with Crippen LogP contribution in [0.25, 0.3) is 0 Å². The number of hydrogen-bond donors (Lipinski definition) is 2. The van der Waals surface area contributed by atoms with Crippen LogP contribution in [0.2, 0.25) is 5.02 Å². The summed E-state index contributed by atoms with van der Waals surface area (Å²) in [6, 6.07) is 11.7. The average Bonchev–Trinajstić information content (AvgIpc) is 2.74. The van der Waals surface area contributed by atoms with Crippen LogP contribution in [0.5, 0.6) is 0 Å². The van der Waals surface area contributed by atoms with Crippen molar-refractivity contribution in [2.45, 2.75) is 6.54 Å². The third-order valence-corrected chi connectivity index (χ3v) is 4.19. The number of carbonyl (C=O) groups excluding carboxylic acids is 2. The van der Waals surface area contributed by atoms with E-state index < -0.39 is 5.97 Å². The summed E-state index contributed by atoms with van der Waals surface area (Å²) in [5.41, 5.74) is 2.66. The predicted molar refractivity (Wildman–Crippen MR) is 106 cm³/mol. The van der Waals surface area contributed by atoms with E-state index in [1.165, 1.54) is 13.3 Å². The van der Waals surface area contributed by atoms with Gasteiger partial charge in [0.2, 0.25) is 0 Å². The van der Waals surface area contributed by atoms with Crippen molar-refractivity contribution in [1.82, 2.24) is 15.3 Å². The number of methoxy groups -OCH3 is 1. The summed E-state index contributed by atoms with van der Waals surface area (Å²) in [7, 11) is 1.31. The van der Waals surface area contributed by atoms with Crippen molar-refractivity contribution in [3.63, 3.8) is 0 Å². The van der Waals surface area contributed by atoms with Crippen molar-refractivity contribution in [3.05, 3.63) is 82.9 Å². The highest BCUT2D eigenvalue weighted by molar-refractivity contribution is 6.33. The lowest BCUT2D eigenvalue weighted by Gasteiger charge is -2.11. The summed E-state index contributed by atoms with van der Waals surface area (Å²) in [5, 5.41) is 6.32. The number of amides is 1. The molecule has 0 aliphatic heterocycles. The SMILES string of the molecule is COC(=O)c1ccc(Cl)c(Nc2ccnc(C(=O)NCc3ccncc3)c2)c1. The number of anilines is 2. The second-order valence-corrected chi connectivity index (χ2v) is 6.19. The fraction of sp³-hybridized carbons (Fsp3) is 0.100. The van der Waals surface area contributed by atoms with Gasteiger partial charge in [-0.1, -0.05) is 11.6 Å². The maximum absolute atomic E-state index is 12.4. The molecule has 0 atom stereocenters. The molecular weight excluding hydrogens is 380 g/mol. The standard InChI is InChI=1S/C20H17ClN4O3/c1-28-20(27)14-2-3-16(21)17(10-14)25-15-6-9-23-18(11-15)19(26)24-12-13-4-7-22-8-5-13/h2-11H,12H2,1H3,(H,23,25)(H,24,26). The molecule has 1 aromatic carbocycles. The van der Waals surface area contributed by atoms with E-state index in [9.17, 15) is 9.59 Å². The Kier molecular flexibility index (Phi) is 6.18. The van der Waals surface area contributed by atoms with Gasteiger partial charge in [-0.25, -0.2) is 4.79 Å². The van der Waals surface area contributed by atoms with Crippen LogP contribution in [0.4, 0.5) is 11.4 Å². The number of pyridine rings is 2. The number of nitrogens with zero attached hydrogens (tertiary/aromatic N) is 2. The Morgan fingerprint density at radius 2 is 1.86 bits per heavy atom. The molecule has 28 heavy (non-hydrogen) atoms. The minimum atomic E-state index is -0.467. The van der Waals surface area contributed by atoms with E-state index in [1.54, 1.807) is 42.7 Å². The zero-order valence-electron chi connectivity index (χ0n) is 15.0. The zero-order valence-corrected chi connectivity index (χ0v) is 15.7. The Balaban J connectivity index is 1.73. The van der Waals surface area contributed by atoms with E-state index in [1.807, 2.05) is 12.1 Å². The zero-order chi connectivity index (χ0) is 19.9. The molecule has 2 N–H and O–H groups in total. The molecule has 0 saturated carbocycles. The first-order valence-corrected chi connectivity index (χ1v) is 8.72. The molecule has 0 unspecified atom stereocenters. The van der Waals surface area contributed by atoms with Gasteiger partial charge in [-0.2, -0.15) is 0 Å². The number of benzene rings is 1. The monoisotopic (exact) mass is 396 g/mol. The highest BCUT2D eigenvalue weighted by Gasteiger charge is 2.11. The minimum Gasteiger partial charge on any atom is -0.465 e. The van der Waals surface area contributed by atoms with Crippen LogP contribution in [-0.4, -0.2) is 29.0 Å². The van der Waals surface area contributed by atoms with Gasteiger partial charge in [0.05, 0.1) is 23.4 Å². The lowest BCUT2D eigenvalue weighted by molar-refractivity contribution is 0.0600. The molecule has 1 amide bonds. The van der Waals surface area contributed by atoms with E-state index in [-0.39, 0.29) is 11.6 Å². The molecule has 0 bridgehead atoms. The summed E-state index contributed by atoms with van der Waals surface area (Å²) in [5.74, 6) is -0.777. The van der Waals surface area contributed by atoms with Gasteiger partial charge in [-0.15, -0.1) is 0 Å². The van der Waals surface area contributed by atoms with Gasteiger partial charge >= 0.3 is 5.97 Å². The van der Waals surface area contributed by atoms with Gasteiger partial charge in [0.25, 0.3) is 5.91 Å². The maximum atomic E-state index is 12.4. The third kappa shape index (κ3) is 4.83. The van der Waals surface area contributed by atoms with Crippen LogP contribution in [0, 0.1) is 0 Å². The van der Waals surface area contributed by atoms with Crippen LogP contribution in [0.3, 0.4) is 0 Å². The molecule has 2 aromatic heterocycles. The van der Waals surface area contributed by atoms with Gasteiger partial charge in [0.1, 0.15) is 5.69 Å². The molecular formula is C20H17ClN4O3. The minimum absolute atomic E-state index is 0.249. The van der Waals surface area contributed by atoms with Crippen LogP contribution in [0.15, 0.2) is 61.1 Å². The molecule has 3 rings (SSSR count). The van der Waals surface area contributed by atoms with Crippen molar-refractivity contribution in [2.75, 3.05) is 12.4 Å². The lowest BCUT2D eigenvalue weighted by Crippen LogP contribution is -2.23. The van der Waals surface area contributed by atoms with Gasteiger partial charge in [-0.05, 0) is 48.0 Å². The van der Waals surface area contributed by atoms with E-state index in [0.29, 0.717) is 28.5 Å². The summed E-state index contributed by atoms with van der Waals surface area (Å²) < 4.78 is 4.72. The summed E-state index contributed by atoms with van der Waals surface area (Å²) in [6.45, 7) is 0.369. The highest BCUT2D eigenvalue weighted by Crippen LogP contribution is 2.27. The number of hydrogen-bond acceptors (Lipinski definition) is 6. The normalized spacial score (nSPS) is 10.2. The second-order valence-electron chi connectivity index (χ2n) is 5.78.